The molecule has 0 bridgehead atoms. The van der Waals surface area contributed by atoms with E-state index in [2.05, 4.69) is 0 Å². The number of imide groups is 1. The quantitative estimate of drug-likeness (QED) is 0.837. The SMILES string of the molecule is CC[C@]1(c2ccc(C)cc2)CC(=O)N(C[C@H](O)CC(F)(F)F)C1=O. The number of aliphatic hydroxyl groups excluding tert-OH is 1. The fraction of sp³-hybridized carbons (Fsp3) is 0.529. The van der Waals surface area contributed by atoms with Crippen LogP contribution in [-0.2, 0) is 15.0 Å². The Morgan fingerprint density at radius 2 is 1.83 bits per heavy atom. The number of benzene rings is 1. The summed E-state index contributed by atoms with van der Waals surface area (Å²) in [5, 5.41) is 9.56. The van der Waals surface area contributed by atoms with Gasteiger partial charge in [0.15, 0.2) is 0 Å². The Labute approximate surface area is 138 Å². The maximum atomic E-state index is 12.8. The van der Waals surface area contributed by atoms with Gasteiger partial charge in [-0.1, -0.05) is 36.8 Å². The number of hydrogen-bond donors (Lipinski definition) is 1. The first-order valence-corrected chi connectivity index (χ1v) is 7.76. The molecule has 0 spiro atoms. The van der Waals surface area contributed by atoms with Crippen molar-refractivity contribution in [3.05, 3.63) is 35.4 Å². The first kappa shape index (κ1) is 18.4. The van der Waals surface area contributed by atoms with Gasteiger partial charge in [-0.25, -0.2) is 0 Å². The number of nitrogens with zero attached hydrogens (tertiary/aromatic N) is 1. The fourth-order valence-electron chi connectivity index (χ4n) is 3.11. The molecule has 0 radical (unpaired) electrons. The second kappa shape index (κ2) is 6.55. The highest BCUT2D eigenvalue weighted by Gasteiger charge is 2.52. The Bertz CT molecular complexity index is 627. The molecule has 7 heteroatoms. The molecule has 2 amide bonds. The molecular formula is C17H20F3NO3. The monoisotopic (exact) mass is 343 g/mol. The first-order valence-electron chi connectivity index (χ1n) is 7.76. The lowest BCUT2D eigenvalue weighted by Gasteiger charge is -2.27. The fourth-order valence-corrected chi connectivity index (χ4v) is 3.11. The third kappa shape index (κ3) is 3.61. The number of hydrogen-bond acceptors (Lipinski definition) is 3. The molecule has 4 nitrogen and oxygen atoms in total. The van der Waals surface area contributed by atoms with Crippen molar-refractivity contribution in [2.75, 3.05) is 6.54 Å². The van der Waals surface area contributed by atoms with Crippen molar-refractivity contribution in [1.29, 1.82) is 0 Å². The predicted octanol–water partition coefficient (Wildman–Crippen LogP) is 2.72. The number of carbonyl (C=O) groups is 2. The van der Waals surface area contributed by atoms with E-state index in [1.54, 1.807) is 19.1 Å². The summed E-state index contributed by atoms with van der Waals surface area (Å²) < 4.78 is 37.0. The van der Waals surface area contributed by atoms with E-state index in [0.29, 0.717) is 12.0 Å². The van der Waals surface area contributed by atoms with Crippen molar-refractivity contribution in [2.45, 2.75) is 50.8 Å². The molecule has 24 heavy (non-hydrogen) atoms. The van der Waals surface area contributed by atoms with Gasteiger partial charge in [0, 0.05) is 6.42 Å². The van der Waals surface area contributed by atoms with Crippen LogP contribution in [-0.4, -0.2) is 40.6 Å². The maximum absolute atomic E-state index is 12.8. The molecule has 0 unspecified atom stereocenters. The number of carbonyl (C=O) groups excluding carboxylic acids is 2. The molecule has 1 N–H and O–H groups in total. The van der Waals surface area contributed by atoms with E-state index < -0.39 is 42.5 Å². The van der Waals surface area contributed by atoms with E-state index in [0.717, 1.165) is 10.5 Å². The van der Waals surface area contributed by atoms with Crippen LogP contribution >= 0.6 is 0 Å². The van der Waals surface area contributed by atoms with Crippen molar-refractivity contribution < 1.29 is 27.9 Å². The minimum atomic E-state index is -4.55. The summed E-state index contributed by atoms with van der Waals surface area (Å²) in [6, 6.07) is 7.18. The summed E-state index contributed by atoms with van der Waals surface area (Å²) in [6.07, 6.45) is -7.56. The van der Waals surface area contributed by atoms with E-state index in [4.69, 9.17) is 0 Å². The standard InChI is InChI=1S/C17H20F3NO3/c1-3-16(12-6-4-11(2)5-7-12)9-14(23)21(15(16)24)10-13(22)8-17(18,19)20/h4-7,13,22H,3,8-10H2,1-2H3/t13-,16-/m1/s1. The molecule has 1 aliphatic rings. The molecule has 2 atom stereocenters. The van der Waals surface area contributed by atoms with Gasteiger partial charge in [-0.3, -0.25) is 14.5 Å². The highest BCUT2D eigenvalue weighted by atomic mass is 19.4. The summed E-state index contributed by atoms with van der Waals surface area (Å²) in [4.78, 5) is 25.7. The molecule has 2 rings (SSSR count). The third-order valence-corrected chi connectivity index (χ3v) is 4.48. The van der Waals surface area contributed by atoms with E-state index in [9.17, 15) is 27.9 Å². The van der Waals surface area contributed by atoms with Crippen molar-refractivity contribution in [3.63, 3.8) is 0 Å². The lowest BCUT2D eigenvalue weighted by Crippen LogP contribution is -2.42. The average molecular weight is 343 g/mol. The molecule has 0 saturated carbocycles. The molecule has 1 fully saturated rings. The van der Waals surface area contributed by atoms with E-state index in [1.165, 1.54) is 0 Å². The Balaban J connectivity index is 2.24. The molecular weight excluding hydrogens is 323 g/mol. The lowest BCUT2D eigenvalue weighted by molar-refractivity contribution is -0.160. The Hall–Kier alpha value is -1.89. The topological polar surface area (TPSA) is 57.6 Å². The van der Waals surface area contributed by atoms with Crippen LogP contribution in [0.3, 0.4) is 0 Å². The van der Waals surface area contributed by atoms with Gasteiger partial charge < -0.3 is 5.11 Å². The second-order valence-corrected chi connectivity index (χ2v) is 6.26. The van der Waals surface area contributed by atoms with Gasteiger partial charge in [0.25, 0.3) is 0 Å². The molecule has 0 aromatic heterocycles. The molecule has 132 valence electrons. The zero-order valence-corrected chi connectivity index (χ0v) is 13.6. The zero-order valence-electron chi connectivity index (χ0n) is 13.6. The number of halogens is 3. The van der Waals surface area contributed by atoms with Crippen molar-refractivity contribution in [1.82, 2.24) is 4.90 Å². The Morgan fingerprint density at radius 1 is 1.25 bits per heavy atom. The van der Waals surface area contributed by atoms with E-state index >= 15 is 0 Å². The number of amides is 2. The Kier molecular flexibility index (Phi) is 5.03. The summed E-state index contributed by atoms with van der Waals surface area (Å²) in [6.45, 7) is 3.02. The third-order valence-electron chi connectivity index (χ3n) is 4.48. The number of likely N-dealkylation sites (tertiary alicyclic amines) is 1. The van der Waals surface area contributed by atoms with Crippen LogP contribution in [0, 0.1) is 6.92 Å². The first-order chi connectivity index (χ1) is 11.1. The van der Waals surface area contributed by atoms with Crippen LogP contribution in [0.25, 0.3) is 0 Å². The molecule has 1 heterocycles. The largest absolute Gasteiger partial charge is 0.391 e. The number of aliphatic hydroxyl groups is 1. The van der Waals surface area contributed by atoms with Gasteiger partial charge in [0.2, 0.25) is 11.8 Å². The van der Waals surface area contributed by atoms with E-state index in [1.807, 2.05) is 19.1 Å². The molecule has 0 aliphatic carbocycles. The van der Waals surface area contributed by atoms with Gasteiger partial charge in [-0.15, -0.1) is 0 Å². The van der Waals surface area contributed by atoms with Crippen LogP contribution < -0.4 is 0 Å². The number of alkyl halides is 3. The van der Waals surface area contributed by atoms with Crippen molar-refractivity contribution in [3.8, 4) is 0 Å². The number of aryl methyl sites for hydroxylation is 1. The predicted molar refractivity (Wildman–Crippen MR) is 81.2 cm³/mol. The van der Waals surface area contributed by atoms with Crippen molar-refractivity contribution in [2.24, 2.45) is 0 Å². The van der Waals surface area contributed by atoms with Gasteiger partial charge in [0.1, 0.15) is 0 Å². The van der Waals surface area contributed by atoms with E-state index in [-0.39, 0.29) is 6.42 Å². The molecule has 1 aromatic rings. The summed E-state index contributed by atoms with van der Waals surface area (Å²) in [5.74, 6) is -1.09. The van der Waals surface area contributed by atoms with Gasteiger partial charge in [-0.05, 0) is 18.9 Å². The zero-order chi connectivity index (χ0) is 18.1. The maximum Gasteiger partial charge on any atom is 0.391 e. The van der Waals surface area contributed by atoms with Gasteiger partial charge in [0.05, 0.1) is 24.5 Å². The van der Waals surface area contributed by atoms with Crippen LogP contribution in [0.2, 0.25) is 0 Å². The van der Waals surface area contributed by atoms with Crippen LogP contribution in [0.5, 0.6) is 0 Å². The summed E-state index contributed by atoms with van der Waals surface area (Å²) >= 11 is 0. The van der Waals surface area contributed by atoms with Crippen molar-refractivity contribution >= 4 is 11.8 Å². The lowest BCUT2D eigenvalue weighted by atomic mass is 9.76. The molecule has 1 aliphatic heterocycles. The highest BCUT2D eigenvalue weighted by molar-refractivity contribution is 6.09. The highest BCUT2D eigenvalue weighted by Crippen LogP contribution is 2.40. The van der Waals surface area contributed by atoms with Crippen LogP contribution in [0.1, 0.15) is 37.3 Å². The number of β-amino-alcohol motifs (C(OH)–C–C–N with tert-alkyl or cyclic N) is 1. The van der Waals surface area contributed by atoms with Crippen LogP contribution in [0.4, 0.5) is 13.2 Å². The van der Waals surface area contributed by atoms with Gasteiger partial charge in [-0.2, -0.15) is 13.2 Å². The normalized spacial score (nSPS) is 23.0. The summed E-state index contributed by atoms with van der Waals surface area (Å²) in [7, 11) is 0. The Morgan fingerprint density at radius 3 is 2.33 bits per heavy atom. The minimum absolute atomic E-state index is 0.0931. The number of rotatable bonds is 5. The summed E-state index contributed by atoms with van der Waals surface area (Å²) in [5.41, 5.74) is 0.601. The molecule has 1 saturated heterocycles. The minimum Gasteiger partial charge on any atom is -0.391 e. The smallest absolute Gasteiger partial charge is 0.391 e. The molecule has 1 aromatic carbocycles. The van der Waals surface area contributed by atoms with Gasteiger partial charge >= 0.3 is 6.18 Å². The van der Waals surface area contributed by atoms with Crippen LogP contribution in [0.15, 0.2) is 24.3 Å². The second-order valence-electron chi connectivity index (χ2n) is 6.26. The average Bonchev–Trinajstić information content (AvgIpc) is 2.71.